The summed E-state index contributed by atoms with van der Waals surface area (Å²) in [6.07, 6.45) is 21.2. The van der Waals surface area contributed by atoms with Crippen molar-refractivity contribution in [2.24, 2.45) is 0 Å². The number of hydrogen-bond acceptors (Lipinski definition) is 3. The van der Waals surface area contributed by atoms with Gasteiger partial charge in [-0.15, -0.1) is 0 Å². The third kappa shape index (κ3) is 19.4. The van der Waals surface area contributed by atoms with Gasteiger partial charge in [0, 0.05) is 13.0 Å². The van der Waals surface area contributed by atoms with Gasteiger partial charge in [0.1, 0.15) is 0 Å². The molecule has 0 atom stereocenters. The number of unbranched alkanes of at least 4 members (excludes halogenated alkanes) is 15. The number of ether oxygens (including phenoxy) is 1. The minimum Gasteiger partial charge on any atom is -0.469 e. The van der Waals surface area contributed by atoms with Crippen molar-refractivity contribution in [2.45, 2.75) is 109 Å². The molecule has 0 aliphatic carbocycles. The van der Waals surface area contributed by atoms with Gasteiger partial charge in [0.05, 0.1) is 7.11 Å². The first-order valence-electron chi connectivity index (χ1n) is 9.99. The van der Waals surface area contributed by atoms with Crippen molar-refractivity contribution in [1.82, 2.24) is 0 Å². The fourth-order valence-corrected chi connectivity index (χ4v) is 2.96. The molecule has 0 bridgehead atoms. The first-order valence-corrected chi connectivity index (χ1v) is 9.99. The minimum absolute atomic E-state index is 0.0739. The summed E-state index contributed by atoms with van der Waals surface area (Å²) in [6, 6.07) is 0. The summed E-state index contributed by atoms with van der Waals surface area (Å²) in [5, 5.41) is 8.69. The van der Waals surface area contributed by atoms with Gasteiger partial charge in [0.2, 0.25) is 0 Å². The van der Waals surface area contributed by atoms with E-state index in [-0.39, 0.29) is 5.97 Å². The molecule has 23 heavy (non-hydrogen) atoms. The number of hydrogen-bond donors (Lipinski definition) is 1. The Morgan fingerprint density at radius 3 is 1.22 bits per heavy atom. The Bertz CT molecular complexity index is 241. The van der Waals surface area contributed by atoms with Crippen LogP contribution in [-0.4, -0.2) is 24.8 Å². The van der Waals surface area contributed by atoms with E-state index in [1.807, 2.05) is 0 Å². The maximum Gasteiger partial charge on any atom is 0.305 e. The maximum absolute atomic E-state index is 10.9. The molecule has 3 heteroatoms. The van der Waals surface area contributed by atoms with E-state index < -0.39 is 0 Å². The molecular formula is C20H40O3. The maximum atomic E-state index is 10.9. The van der Waals surface area contributed by atoms with Crippen LogP contribution in [0.15, 0.2) is 0 Å². The van der Waals surface area contributed by atoms with E-state index in [0.717, 1.165) is 19.3 Å². The summed E-state index contributed by atoms with van der Waals surface area (Å²) in [5.74, 6) is -0.0739. The number of methoxy groups -OCH3 is 1. The standard InChI is InChI=1S/C20H40O3/c1-23-20(22)18-16-14-12-10-8-6-4-2-3-5-7-9-11-13-15-17-19-21/h21H,2-19H2,1H3. The summed E-state index contributed by atoms with van der Waals surface area (Å²) in [4.78, 5) is 10.9. The van der Waals surface area contributed by atoms with Gasteiger partial charge >= 0.3 is 5.97 Å². The Kier molecular flexibility index (Phi) is 19.0. The lowest BCUT2D eigenvalue weighted by molar-refractivity contribution is -0.140. The van der Waals surface area contributed by atoms with Crippen LogP contribution in [0.4, 0.5) is 0 Å². The van der Waals surface area contributed by atoms with Gasteiger partial charge in [-0.3, -0.25) is 4.79 Å². The molecule has 0 aliphatic rings. The van der Waals surface area contributed by atoms with Crippen molar-refractivity contribution in [3.8, 4) is 0 Å². The Morgan fingerprint density at radius 2 is 0.913 bits per heavy atom. The lowest BCUT2D eigenvalue weighted by atomic mass is 10.0. The molecule has 138 valence electrons. The predicted octanol–water partition coefficient (Wildman–Crippen LogP) is 5.78. The van der Waals surface area contributed by atoms with E-state index in [1.165, 1.54) is 90.6 Å². The van der Waals surface area contributed by atoms with Crippen molar-refractivity contribution in [1.29, 1.82) is 0 Å². The topological polar surface area (TPSA) is 46.5 Å². The normalized spacial score (nSPS) is 10.9. The van der Waals surface area contributed by atoms with Gasteiger partial charge in [-0.2, -0.15) is 0 Å². The molecule has 0 aromatic rings. The van der Waals surface area contributed by atoms with Gasteiger partial charge in [-0.05, 0) is 12.8 Å². The van der Waals surface area contributed by atoms with Gasteiger partial charge in [0.15, 0.2) is 0 Å². The molecule has 3 nitrogen and oxygen atoms in total. The first kappa shape index (κ1) is 22.4. The molecule has 0 saturated heterocycles. The average Bonchev–Trinajstić information content (AvgIpc) is 2.57. The Labute approximate surface area is 144 Å². The van der Waals surface area contributed by atoms with Crippen LogP contribution < -0.4 is 0 Å². The van der Waals surface area contributed by atoms with Crippen molar-refractivity contribution in [3.05, 3.63) is 0 Å². The predicted molar refractivity (Wildman–Crippen MR) is 97.6 cm³/mol. The highest BCUT2D eigenvalue weighted by molar-refractivity contribution is 5.68. The van der Waals surface area contributed by atoms with Crippen LogP contribution in [0, 0.1) is 0 Å². The van der Waals surface area contributed by atoms with E-state index in [2.05, 4.69) is 4.74 Å². The second kappa shape index (κ2) is 19.5. The summed E-state index contributed by atoms with van der Waals surface area (Å²) < 4.78 is 4.63. The molecule has 0 aromatic carbocycles. The lowest BCUT2D eigenvalue weighted by Crippen LogP contribution is -1.99. The van der Waals surface area contributed by atoms with Crippen molar-refractivity contribution < 1.29 is 14.6 Å². The van der Waals surface area contributed by atoms with Crippen LogP contribution in [-0.2, 0) is 9.53 Å². The molecule has 0 heterocycles. The molecule has 0 fully saturated rings. The van der Waals surface area contributed by atoms with Crippen molar-refractivity contribution in [2.75, 3.05) is 13.7 Å². The van der Waals surface area contributed by atoms with E-state index in [4.69, 9.17) is 5.11 Å². The van der Waals surface area contributed by atoms with Crippen molar-refractivity contribution in [3.63, 3.8) is 0 Å². The fraction of sp³-hybridized carbons (Fsp3) is 0.950. The summed E-state index contributed by atoms with van der Waals surface area (Å²) >= 11 is 0. The second-order valence-corrected chi connectivity index (χ2v) is 6.71. The Balaban J connectivity index is 2.99. The molecule has 0 saturated carbocycles. The Hall–Kier alpha value is -0.570. The molecule has 0 aliphatic heterocycles. The van der Waals surface area contributed by atoms with Gasteiger partial charge < -0.3 is 9.84 Å². The van der Waals surface area contributed by atoms with E-state index in [1.54, 1.807) is 0 Å². The van der Waals surface area contributed by atoms with E-state index >= 15 is 0 Å². The SMILES string of the molecule is COC(=O)CCCCCCCCCCCCCCCCCCO. The van der Waals surface area contributed by atoms with Crippen LogP contribution >= 0.6 is 0 Å². The molecule has 0 spiro atoms. The van der Waals surface area contributed by atoms with Crippen LogP contribution in [0.3, 0.4) is 0 Å². The van der Waals surface area contributed by atoms with Crippen LogP contribution in [0.1, 0.15) is 109 Å². The third-order valence-corrected chi connectivity index (χ3v) is 4.52. The monoisotopic (exact) mass is 328 g/mol. The Morgan fingerprint density at radius 1 is 0.609 bits per heavy atom. The number of carbonyl (C=O) groups excluding carboxylic acids is 1. The highest BCUT2D eigenvalue weighted by Gasteiger charge is 1.99. The molecule has 0 radical (unpaired) electrons. The quantitative estimate of drug-likeness (QED) is 0.256. The largest absolute Gasteiger partial charge is 0.469 e. The summed E-state index contributed by atoms with van der Waals surface area (Å²) in [7, 11) is 1.46. The molecule has 1 N–H and O–H groups in total. The first-order chi connectivity index (χ1) is 11.3. The van der Waals surface area contributed by atoms with Gasteiger partial charge in [-0.25, -0.2) is 0 Å². The van der Waals surface area contributed by atoms with E-state index in [0.29, 0.717) is 13.0 Å². The van der Waals surface area contributed by atoms with Crippen LogP contribution in [0.25, 0.3) is 0 Å². The molecule has 0 rings (SSSR count). The van der Waals surface area contributed by atoms with Crippen LogP contribution in [0.5, 0.6) is 0 Å². The molecule has 0 amide bonds. The number of aliphatic hydroxyl groups is 1. The molecule has 0 unspecified atom stereocenters. The fourth-order valence-electron chi connectivity index (χ4n) is 2.96. The van der Waals surface area contributed by atoms with E-state index in [9.17, 15) is 4.79 Å². The minimum atomic E-state index is -0.0739. The highest BCUT2D eigenvalue weighted by Crippen LogP contribution is 2.14. The smallest absolute Gasteiger partial charge is 0.305 e. The van der Waals surface area contributed by atoms with Crippen LogP contribution in [0.2, 0.25) is 0 Å². The zero-order valence-electron chi connectivity index (χ0n) is 15.5. The highest BCUT2D eigenvalue weighted by atomic mass is 16.5. The number of rotatable bonds is 18. The summed E-state index contributed by atoms with van der Waals surface area (Å²) in [6.45, 7) is 0.355. The van der Waals surface area contributed by atoms with Gasteiger partial charge in [-0.1, -0.05) is 89.9 Å². The average molecular weight is 329 g/mol. The van der Waals surface area contributed by atoms with Crippen molar-refractivity contribution >= 4 is 5.97 Å². The second-order valence-electron chi connectivity index (χ2n) is 6.71. The lowest BCUT2D eigenvalue weighted by Gasteiger charge is -2.03. The molecule has 0 aromatic heterocycles. The number of esters is 1. The number of aliphatic hydroxyl groups excluding tert-OH is 1. The number of carbonyl (C=O) groups is 1. The summed E-state index contributed by atoms with van der Waals surface area (Å²) in [5.41, 5.74) is 0. The zero-order chi connectivity index (χ0) is 17.0. The van der Waals surface area contributed by atoms with Gasteiger partial charge in [0.25, 0.3) is 0 Å². The third-order valence-electron chi connectivity index (χ3n) is 4.52. The molecular weight excluding hydrogens is 288 g/mol. The zero-order valence-corrected chi connectivity index (χ0v) is 15.5.